The van der Waals surface area contributed by atoms with E-state index < -0.39 is 8.07 Å². The first-order chi connectivity index (χ1) is 15.4. The number of benzene rings is 1. The van der Waals surface area contributed by atoms with Crippen molar-refractivity contribution in [3.63, 3.8) is 0 Å². The van der Waals surface area contributed by atoms with Crippen molar-refractivity contribution in [1.29, 1.82) is 0 Å². The number of hydrogen-bond donors (Lipinski definition) is 2. The Morgan fingerprint density at radius 3 is 2.84 bits per heavy atom. The molecular weight excluding hydrogens is 422 g/mol. The van der Waals surface area contributed by atoms with Crippen molar-refractivity contribution in [2.24, 2.45) is 10.7 Å². The van der Waals surface area contributed by atoms with E-state index >= 15 is 0 Å². The number of nitrogens with two attached hydrogens (primary N) is 1. The Morgan fingerprint density at radius 1 is 1.31 bits per heavy atom. The maximum Gasteiger partial charge on any atom is 0.219 e. The van der Waals surface area contributed by atoms with Gasteiger partial charge in [-0.1, -0.05) is 25.7 Å². The molecule has 7 nitrogen and oxygen atoms in total. The molecule has 172 valence electrons. The molecule has 2 aromatic rings. The van der Waals surface area contributed by atoms with E-state index in [2.05, 4.69) is 29.6 Å². The molecule has 3 N–H and O–H groups in total. The van der Waals surface area contributed by atoms with Gasteiger partial charge in [-0.05, 0) is 36.9 Å². The summed E-state index contributed by atoms with van der Waals surface area (Å²) in [5.41, 5.74) is 8.24. The fourth-order valence-corrected chi connectivity index (χ4v) is 4.07. The van der Waals surface area contributed by atoms with Crippen molar-refractivity contribution >= 4 is 13.8 Å². The second-order valence-electron chi connectivity index (χ2n) is 8.96. The molecule has 0 saturated heterocycles. The van der Waals surface area contributed by atoms with Crippen LogP contribution in [0, 0.1) is 0 Å². The van der Waals surface area contributed by atoms with Crippen molar-refractivity contribution in [1.82, 2.24) is 4.98 Å². The predicted octanol–water partition coefficient (Wildman–Crippen LogP) is 4.31. The fourth-order valence-electron chi connectivity index (χ4n) is 3.32. The number of aromatic nitrogens is 1. The second kappa shape index (κ2) is 11.3. The fraction of sp³-hybridized carbons (Fsp3) is 0.417. The molecule has 32 heavy (non-hydrogen) atoms. The number of fused-ring (bicyclic) bond motifs is 1. The molecule has 1 aliphatic heterocycles. The van der Waals surface area contributed by atoms with Crippen LogP contribution >= 0.6 is 0 Å². The first kappa shape index (κ1) is 24.0. The number of allylic oxidation sites excluding steroid dienone is 1. The van der Waals surface area contributed by atoms with Crippen molar-refractivity contribution in [3.8, 4) is 17.4 Å². The lowest BCUT2D eigenvalue weighted by molar-refractivity contribution is 0.155. The van der Waals surface area contributed by atoms with E-state index in [1.165, 1.54) is 6.20 Å². The van der Waals surface area contributed by atoms with Crippen molar-refractivity contribution in [3.05, 3.63) is 59.9 Å². The van der Waals surface area contributed by atoms with Crippen LogP contribution in [0.4, 0.5) is 0 Å². The zero-order valence-electron chi connectivity index (χ0n) is 19.1. The Bertz CT molecular complexity index is 939. The highest BCUT2D eigenvalue weighted by Gasteiger charge is 2.24. The van der Waals surface area contributed by atoms with Crippen LogP contribution in [0.1, 0.15) is 23.5 Å². The van der Waals surface area contributed by atoms with Gasteiger partial charge in [0.2, 0.25) is 5.88 Å². The van der Waals surface area contributed by atoms with E-state index in [1.807, 2.05) is 24.3 Å². The van der Waals surface area contributed by atoms with Crippen molar-refractivity contribution < 1.29 is 19.3 Å². The van der Waals surface area contributed by atoms with Gasteiger partial charge in [0.25, 0.3) is 0 Å². The van der Waals surface area contributed by atoms with Gasteiger partial charge in [0, 0.05) is 56.7 Å². The predicted molar refractivity (Wildman–Crippen MR) is 130 cm³/mol. The molecule has 0 aliphatic carbocycles. The Balaban J connectivity index is 1.61. The summed E-state index contributed by atoms with van der Waals surface area (Å²) >= 11 is 0. The van der Waals surface area contributed by atoms with Crippen LogP contribution in [0.3, 0.4) is 0 Å². The molecule has 2 heterocycles. The Morgan fingerprint density at radius 2 is 2.16 bits per heavy atom. The molecule has 8 heteroatoms. The van der Waals surface area contributed by atoms with Crippen molar-refractivity contribution in [2.45, 2.75) is 38.0 Å². The molecule has 0 bridgehead atoms. The number of ether oxygens (including phenoxy) is 3. The number of pyridine rings is 1. The Hall–Kier alpha value is -2.68. The van der Waals surface area contributed by atoms with Crippen LogP contribution in [-0.2, 0) is 4.74 Å². The smallest absolute Gasteiger partial charge is 0.219 e. The van der Waals surface area contributed by atoms with Crippen LogP contribution in [-0.4, -0.2) is 50.4 Å². The normalized spacial score (nSPS) is 16.2. The Labute approximate surface area is 191 Å². The molecular formula is C24H33N3O4Si. The average Bonchev–Trinajstić information content (AvgIpc) is 3.15. The van der Waals surface area contributed by atoms with Gasteiger partial charge in [-0.3, -0.25) is 4.99 Å². The summed E-state index contributed by atoms with van der Waals surface area (Å²) in [5, 5.41) is 9.18. The SMILES string of the molecule is C[Si](C)(C)CCOC/N=C(/C=C\N)c1ccc(Oc2ccc3c(c2)OCC3CCO)nc1. The summed E-state index contributed by atoms with van der Waals surface area (Å²) in [4.78, 5) is 8.91. The van der Waals surface area contributed by atoms with Crippen LogP contribution in [0.2, 0.25) is 25.7 Å². The molecule has 0 amide bonds. The molecule has 0 saturated carbocycles. The summed E-state index contributed by atoms with van der Waals surface area (Å²) in [6.07, 6.45) is 5.60. The minimum atomic E-state index is -1.11. The topological polar surface area (TPSA) is 99.2 Å². The molecule has 1 aromatic heterocycles. The lowest BCUT2D eigenvalue weighted by Crippen LogP contribution is -2.21. The van der Waals surface area contributed by atoms with E-state index in [-0.39, 0.29) is 19.3 Å². The minimum absolute atomic E-state index is 0.150. The highest BCUT2D eigenvalue weighted by molar-refractivity contribution is 6.76. The molecule has 1 aliphatic rings. The van der Waals surface area contributed by atoms with E-state index in [9.17, 15) is 5.11 Å². The first-order valence-corrected chi connectivity index (χ1v) is 14.6. The van der Waals surface area contributed by atoms with E-state index in [4.69, 9.17) is 19.9 Å². The summed E-state index contributed by atoms with van der Waals surface area (Å²) in [6.45, 7) is 8.70. The van der Waals surface area contributed by atoms with E-state index in [1.54, 1.807) is 18.3 Å². The van der Waals surface area contributed by atoms with Gasteiger partial charge in [0.05, 0.1) is 12.3 Å². The molecule has 1 atom stereocenters. The number of aliphatic hydroxyl groups is 1. The first-order valence-electron chi connectivity index (χ1n) is 10.9. The average molecular weight is 456 g/mol. The quantitative estimate of drug-likeness (QED) is 0.298. The Kier molecular flexibility index (Phi) is 8.44. The third-order valence-electron chi connectivity index (χ3n) is 5.17. The van der Waals surface area contributed by atoms with E-state index in [0.29, 0.717) is 30.4 Å². The van der Waals surface area contributed by atoms with Gasteiger partial charge < -0.3 is 25.1 Å². The number of aliphatic hydroxyl groups excluding tert-OH is 1. The summed E-state index contributed by atoms with van der Waals surface area (Å²) in [7, 11) is -1.11. The zero-order chi connectivity index (χ0) is 23.0. The third kappa shape index (κ3) is 6.91. The number of aliphatic imine (C=N–C) groups is 1. The van der Waals surface area contributed by atoms with Gasteiger partial charge in [0.15, 0.2) is 0 Å². The lowest BCUT2D eigenvalue weighted by atomic mass is 9.98. The minimum Gasteiger partial charge on any atom is -0.493 e. The highest BCUT2D eigenvalue weighted by atomic mass is 28.3. The van der Waals surface area contributed by atoms with Crippen LogP contribution in [0.5, 0.6) is 17.4 Å². The van der Waals surface area contributed by atoms with Gasteiger partial charge in [-0.15, -0.1) is 0 Å². The number of hydrogen-bond acceptors (Lipinski definition) is 7. The standard InChI is InChI=1S/C24H33N3O4Si/c1-32(2,3)13-12-29-17-27-22(8-10-25)18-4-7-24(26-15-18)31-20-5-6-21-19(9-11-28)16-30-23(21)14-20/h4-8,10,14-15,19,28H,9,11-13,16-17,25H2,1-3H3/b10-8-,27-22-. The highest BCUT2D eigenvalue weighted by Crippen LogP contribution is 2.38. The second-order valence-corrected chi connectivity index (χ2v) is 14.6. The zero-order valence-corrected chi connectivity index (χ0v) is 20.1. The molecule has 0 radical (unpaired) electrons. The summed E-state index contributed by atoms with van der Waals surface area (Å²) in [5.74, 6) is 2.16. The molecule has 0 fully saturated rings. The number of rotatable bonds is 11. The van der Waals surface area contributed by atoms with Crippen molar-refractivity contribution in [2.75, 3.05) is 26.6 Å². The number of nitrogens with zero attached hydrogens (tertiary/aromatic N) is 2. The molecule has 3 rings (SSSR count). The van der Waals surface area contributed by atoms with Gasteiger partial charge in [-0.2, -0.15) is 0 Å². The van der Waals surface area contributed by atoms with Crippen LogP contribution < -0.4 is 15.2 Å². The lowest BCUT2D eigenvalue weighted by Gasteiger charge is -2.14. The third-order valence-corrected chi connectivity index (χ3v) is 6.88. The van der Waals surface area contributed by atoms with Gasteiger partial charge >= 0.3 is 0 Å². The summed E-state index contributed by atoms with van der Waals surface area (Å²) in [6, 6.07) is 10.5. The largest absolute Gasteiger partial charge is 0.493 e. The molecule has 1 unspecified atom stereocenters. The summed E-state index contributed by atoms with van der Waals surface area (Å²) < 4.78 is 17.3. The van der Waals surface area contributed by atoms with Gasteiger partial charge in [-0.25, -0.2) is 4.98 Å². The van der Waals surface area contributed by atoms with E-state index in [0.717, 1.165) is 29.5 Å². The van der Waals surface area contributed by atoms with Crippen LogP contribution in [0.25, 0.3) is 0 Å². The molecule has 1 aromatic carbocycles. The van der Waals surface area contributed by atoms with Gasteiger partial charge in [0.1, 0.15) is 18.2 Å². The molecule has 0 spiro atoms. The maximum atomic E-state index is 9.18. The van der Waals surface area contributed by atoms with Crippen LogP contribution in [0.15, 0.2) is 53.8 Å². The monoisotopic (exact) mass is 455 g/mol. The maximum absolute atomic E-state index is 9.18.